The van der Waals surface area contributed by atoms with Gasteiger partial charge in [-0.1, -0.05) is 18.2 Å². The fourth-order valence-electron chi connectivity index (χ4n) is 2.64. The zero-order valence-electron chi connectivity index (χ0n) is 13.1. The first kappa shape index (κ1) is 15.3. The van der Waals surface area contributed by atoms with Crippen LogP contribution in [0.1, 0.15) is 25.8 Å². The SMILES string of the molecule is CC(C)Oc1ccccc1CCCN1CCN(C)CC1. The van der Waals surface area contributed by atoms with E-state index in [0.717, 1.165) is 12.2 Å². The van der Waals surface area contributed by atoms with E-state index in [9.17, 15) is 0 Å². The minimum absolute atomic E-state index is 0.244. The third-order valence-electron chi connectivity index (χ3n) is 3.85. The van der Waals surface area contributed by atoms with Gasteiger partial charge in [0.2, 0.25) is 0 Å². The van der Waals surface area contributed by atoms with Crippen molar-refractivity contribution in [1.82, 2.24) is 9.80 Å². The van der Waals surface area contributed by atoms with Crippen molar-refractivity contribution in [1.29, 1.82) is 0 Å². The number of likely N-dealkylation sites (N-methyl/N-ethyl adjacent to an activating group) is 1. The average Bonchev–Trinajstić information content (AvgIpc) is 2.42. The van der Waals surface area contributed by atoms with E-state index in [-0.39, 0.29) is 6.10 Å². The molecule has 1 heterocycles. The summed E-state index contributed by atoms with van der Waals surface area (Å²) in [7, 11) is 2.21. The van der Waals surface area contributed by atoms with Crippen LogP contribution in [0.2, 0.25) is 0 Å². The molecule has 1 fully saturated rings. The molecule has 1 aliphatic heterocycles. The Morgan fingerprint density at radius 2 is 1.80 bits per heavy atom. The topological polar surface area (TPSA) is 15.7 Å². The van der Waals surface area contributed by atoms with Gasteiger partial charge in [-0.2, -0.15) is 0 Å². The molecule has 0 spiro atoms. The van der Waals surface area contributed by atoms with Gasteiger partial charge in [-0.25, -0.2) is 0 Å². The zero-order chi connectivity index (χ0) is 14.4. The fraction of sp³-hybridized carbons (Fsp3) is 0.647. The van der Waals surface area contributed by atoms with Crippen molar-refractivity contribution in [2.24, 2.45) is 0 Å². The van der Waals surface area contributed by atoms with Crippen LogP contribution < -0.4 is 4.74 Å². The van der Waals surface area contributed by atoms with Crippen LogP contribution in [-0.2, 0) is 6.42 Å². The van der Waals surface area contributed by atoms with Crippen LogP contribution in [0.25, 0.3) is 0 Å². The molecular weight excluding hydrogens is 248 g/mol. The highest BCUT2D eigenvalue weighted by atomic mass is 16.5. The summed E-state index contributed by atoms with van der Waals surface area (Å²) in [6.07, 6.45) is 2.56. The summed E-state index contributed by atoms with van der Waals surface area (Å²) in [4.78, 5) is 4.98. The van der Waals surface area contributed by atoms with E-state index in [1.807, 2.05) is 0 Å². The molecule has 0 bridgehead atoms. The minimum atomic E-state index is 0.244. The Bertz CT molecular complexity index is 398. The lowest BCUT2D eigenvalue weighted by Crippen LogP contribution is -2.44. The molecule has 112 valence electrons. The second-order valence-corrected chi connectivity index (χ2v) is 6.02. The quantitative estimate of drug-likeness (QED) is 0.794. The van der Waals surface area contributed by atoms with Gasteiger partial charge in [0.15, 0.2) is 0 Å². The second kappa shape index (κ2) is 7.65. The highest BCUT2D eigenvalue weighted by molar-refractivity contribution is 5.33. The number of hydrogen-bond acceptors (Lipinski definition) is 3. The summed E-state index contributed by atoms with van der Waals surface area (Å²) < 4.78 is 5.88. The van der Waals surface area contributed by atoms with E-state index in [4.69, 9.17) is 4.74 Å². The standard InChI is InChI=1S/C17H28N2O/c1-15(2)20-17-9-5-4-7-16(17)8-6-10-19-13-11-18(3)12-14-19/h4-5,7,9,15H,6,8,10-14H2,1-3H3. The molecule has 1 aromatic rings. The third kappa shape index (κ3) is 4.80. The molecule has 0 amide bonds. The highest BCUT2D eigenvalue weighted by Crippen LogP contribution is 2.21. The second-order valence-electron chi connectivity index (χ2n) is 6.02. The number of benzene rings is 1. The van der Waals surface area contributed by atoms with Gasteiger partial charge in [-0.15, -0.1) is 0 Å². The maximum Gasteiger partial charge on any atom is 0.122 e. The van der Waals surface area contributed by atoms with E-state index in [0.29, 0.717) is 0 Å². The van der Waals surface area contributed by atoms with Gasteiger partial charge in [-0.3, -0.25) is 0 Å². The molecule has 0 aliphatic carbocycles. The van der Waals surface area contributed by atoms with Crippen molar-refractivity contribution in [3.63, 3.8) is 0 Å². The van der Waals surface area contributed by atoms with Gasteiger partial charge in [0.25, 0.3) is 0 Å². The van der Waals surface area contributed by atoms with Crippen molar-refractivity contribution in [2.45, 2.75) is 32.8 Å². The lowest BCUT2D eigenvalue weighted by atomic mass is 10.1. The summed E-state index contributed by atoms with van der Waals surface area (Å²) in [5, 5.41) is 0. The van der Waals surface area contributed by atoms with E-state index in [2.05, 4.69) is 55.0 Å². The van der Waals surface area contributed by atoms with Crippen molar-refractivity contribution >= 4 is 0 Å². The summed E-state index contributed by atoms with van der Waals surface area (Å²) in [6, 6.07) is 8.45. The largest absolute Gasteiger partial charge is 0.491 e. The van der Waals surface area contributed by atoms with Gasteiger partial charge in [0.1, 0.15) is 5.75 Å². The van der Waals surface area contributed by atoms with Crippen LogP contribution in [-0.4, -0.2) is 55.7 Å². The fourth-order valence-corrected chi connectivity index (χ4v) is 2.64. The molecule has 0 N–H and O–H groups in total. The molecule has 3 heteroatoms. The Balaban J connectivity index is 1.79. The van der Waals surface area contributed by atoms with Crippen molar-refractivity contribution in [3.8, 4) is 5.75 Å². The smallest absolute Gasteiger partial charge is 0.122 e. The zero-order valence-corrected chi connectivity index (χ0v) is 13.1. The van der Waals surface area contributed by atoms with Crippen molar-refractivity contribution < 1.29 is 4.74 Å². The van der Waals surface area contributed by atoms with E-state index in [1.54, 1.807) is 0 Å². The van der Waals surface area contributed by atoms with Gasteiger partial charge >= 0.3 is 0 Å². The molecular formula is C17H28N2O. The van der Waals surface area contributed by atoms with Crippen LogP contribution in [0.15, 0.2) is 24.3 Å². The molecule has 0 saturated carbocycles. The molecule has 0 atom stereocenters. The van der Waals surface area contributed by atoms with E-state index in [1.165, 1.54) is 44.7 Å². The summed E-state index contributed by atoms with van der Waals surface area (Å²) in [6.45, 7) is 10.2. The summed E-state index contributed by atoms with van der Waals surface area (Å²) in [5.74, 6) is 1.06. The summed E-state index contributed by atoms with van der Waals surface area (Å²) in [5.41, 5.74) is 1.34. The molecule has 1 aromatic carbocycles. The maximum atomic E-state index is 5.88. The normalized spacial score (nSPS) is 17.6. The van der Waals surface area contributed by atoms with E-state index < -0.39 is 0 Å². The Labute approximate surface area is 123 Å². The number of rotatable bonds is 6. The van der Waals surface area contributed by atoms with E-state index >= 15 is 0 Å². The predicted octanol–water partition coefficient (Wildman–Crippen LogP) is 2.65. The number of aryl methyl sites for hydroxylation is 1. The van der Waals surface area contributed by atoms with Gasteiger partial charge in [0.05, 0.1) is 6.10 Å². The predicted molar refractivity (Wildman–Crippen MR) is 84.5 cm³/mol. The summed E-state index contributed by atoms with van der Waals surface area (Å²) >= 11 is 0. The van der Waals surface area contributed by atoms with Gasteiger partial charge < -0.3 is 14.5 Å². The first-order valence-electron chi connectivity index (χ1n) is 7.80. The van der Waals surface area contributed by atoms with Crippen LogP contribution >= 0.6 is 0 Å². The Morgan fingerprint density at radius 1 is 1.10 bits per heavy atom. The third-order valence-corrected chi connectivity index (χ3v) is 3.85. The molecule has 2 rings (SSSR count). The molecule has 0 aromatic heterocycles. The first-order chi connectivity index (χ1) is 9.65. The van der Waals surface area contributed by atoms with Crippen LogP contribution in [0, 0.1) is 0 Å². The lowest BCUT2D eigenvalue weighted by Gasteiger charge is -2.32. The van der Waals surface area contributed by atoms with Gasteiger partial charge in [0, 0.05) is 26.2 Å². The highest BCUT2D eigenvalue weighted by Gasteiger charge is 2.13. The average molecular weight is 276 g/mol. The Morgan fingerprint density at radius 3 is 2.50 bits per heavy atom. The van der Waals surface area contributed by atoms with Crippen LogP contribution in [0.5, 0.6) is 5.75 Å². The number of ether oxygens (including phenoxy) is 1. The number of para-hydroxylation sites is 1. The number of piperazine rings is 1. The lowest BCUT2D eigenvalue weighted by molar-refractivity contribution is 0.153. The monoisotopic (exact) mass is 276 g/mol. The van der Waals surface area contributed by atoms with Gasteiger partial charge in [-0.05, 0) is 51.9 Å². The Hall–Kier alpha value is -1.06. The number of nitrogens with zero attached hydrogens (tertiary/aromatic N) is 2. The molecule has 0 radical (unpaired) electrons. The minimum Gasteiger partial charge on any atom is -0.491 e. The number of hydrogen-bond donors (Lipinski definition) is 0. The van der Waals surface area contributed by atoms with Crippen molar-refractivity contribution in [3.05, 3.63) is 29.8 Å². The Kier molecular flexibility index (Phi) is 5.86. The molecule has 1 aliphatic rings. The van der Waals surface area contributed by atoms with Crippen LogP contribution in [0.4, 0.5) is 0 Å². The van der Waals surface area contributed by atoms with Crippen molar-refractivity contribution in [2.75, 3.05) is 39.8 Å². The van der Waals surface area contributed by atoms with Crippen LogP contribution in [0.3, 0.4) is 0 Å². The molecule has 20 heavy (non-hydrogen) atoms. The maximum absolute atomic E-state index is 5.88. The molecule has 3 nitrogen and oxygen atoms in total. The molecule has 0 unspecified atom stereocenters. The first-order valence-corrected chi connectivity index (χ1v) is 7.80. The molecule has 1 saturated heterocycles.